The first-order valence-corrected chi connectivity index (χ1v) is 12.0. The van der Waals surface area contributed by atoms with Crippen LogP contribution >= 0.6 is 0 Å². The van der Waals surface area contributed by atoms with Crippen molar-refractivity contribution in [3.05, 3.63) is 24.3 Å². The van der Waals surface area contributed by atoms with E-state index in [1.54, 1.807) is 6.08 Å². The van der Waals surface area contributed by atoms with Gasteiger partial charge in [0.2, 0.25) is 0 Å². The average molecular weight is 459 g/mol. The molecular weight excluding hydrogens is 424 g/mol. The number of ketones is 1. The fraction of sp³-hybridized carbons (Fsp3) is 0.731. The van der Waals surface area contributed by atoms with E-state index in [0.29, 0.717) is 38.5 Å². The van der Waals surface area contributed by atoms with Gasteiger partial charge in [0, 0.05) is 29.1 Å². The number of aliphatic carboxylic acids is 1. The van der Waals surface area contributed by atoms with E-state index < -0.39 is 39.3 Å². The van der Waals surface area contributed by atoms with Crippen LogP contribution in [0.4, 0.5) is 0 Å². The highest BCUT2D eigenvalue weighted by molar-refractivity contribution is 5.92. The van der Waals surface area contributed by atoms with Gasteiger partial charge in [0.1, 0.15) is 5.60 Å². The smallest absolute Gasteiger partial charge is 0.309 e. The molecule has 1 aliphatic heterocycles. The van der Waals surface area contributed by atoms with Crippen LogP contribution in [0.5, 0.6) is 0 Å². The Balaban J connectivity index is 1.69. The van der Waals surface area contributed by atoms with E-state index in [1.165, 1.54) is 7.11 Å². The second-order valence-electron chi connectivity index (χ2n) is 11.4. The highest BCUT2D eigenvalue weighted by Gasteiger charge is 2.87. The quantitative estimate of drug-likeness (QED) is 0.369. The van der Waals surface area contributed by atoms with Gasteiger partial charge in [-0.15, -0.1) is 6.58 Å². The minimum Gasteiger partial charge on any atom is -0.481 e. The second-order valence-corrected chi connectivity index (χ2v) is 11.4. The SMILES string of the molecule is C=C[C@]12C3CC[C@@](O)(CCC(=O)O)[C@@]3(C)CC3OC31[C@@]1(C)CCC(=O)C=C1C[C@H]2C(=O)OC. The summed E-state index contributed by atoms with van der Waals surface area (Å²) in [5.41, 5.74) is -2.71. The first-order valence-electron chi connectivity index (χ1n) is 12.0. The first-order chi connectivity index (χ1) is 15.5. The van der Waals surface area contributed by atoms with Crippen molar-refractivity contribution < 1.29 is 34.1 Å². The molecule has 7 heteroatoms. The normalized spacial score (nSPS) is 49.6. The predicted octanol–water partition coefficient (Wildman–Crippen LogP) is 3.20. The number of methoxy groups -OCH3 is 1. The Bertz CT molecular complexity index is 985. The summed E-state index contributed by atoms with van der Waals surface area (Å²) in [7, 11) is 1.38. The van der Waals surface area contributed by atoms with Crippen molar-refractivity contribution in [3.8, 4) is 0 Å². The summed E-state index contributed by atoms with van der Waals surface area (Å²) in [6, 6.07) is 0. The Kier molecular flexibility index (Phi) is 4.68. The lowest BCUT2D eigenvalue weighted by Gasteiger charge is -2.64. The molecule has 5 aliphatic rings. The molecule has 0 aromatic carbocycles. The molecule has 1 heterocycles. The minimum atomic E-state index is -1.16. The molecule has 1 saturated heterocycles. The van der Waals surface area contributed by atoms with E-state index in [0.717, 1.165) is 5.57 Å². The lowest BCUT2D eigenvalue weighted by atomic mass is 9.37. The Labute approximate surface area is 194 Å². The molecule has 3 unspecified atom stereocenters. The minimum absolute atomic E-state index is 0.0790. The van der Waals surface area contributed by atoms with Crippen molar-refractivity contribution in [3.63, 3.8) is 0 Å². The summed E-state index contributed by atoms with van der Waals surface area (Å²) in [6.45, 7) is 8.44. The lowest BCUT2D eigenvalue weighted by Crippen LogP contribution is -2.69. The summed E-state index contributed by atoms with van der Waals surface area (Å²) in [6.07, 6.45) is 6.68. The zero-order valence-corrected chi connectivity index (χ0v) is 19.7. The number of carboxylic acid groups (broad SMARTS) is 1. The Morgan fingerprint density at radius 1 is 1.33 bits per heavy atom. The number of aliphatic hydroxyl groups is 1. The van der Waals surface area contributed by atoms with Crippen LogP contribution in [0.1, 0.15) is 65.2 Å². The molecule has 3 saturated carbocycles. The van der Waals surface area contributed by atoms with Gasteiger partial charge in [-0.05, 0) is 50.5 Å². The molecule has 0 aromatic heterocycles. The van der Waals surface area contributed by atoms with Crippen LogP contribution in [0.3, 0.4) is 0 Å². The molecule has 180 valence electrons. The van der Waals surface area contributed by atoms with Gasteiger partial charge in [0.15, 0.2) is 5.78 Å². The molecule has 2 N–H and O–H groups in total. The number of carbonyl (C=O) groups is 3. The average Bonchev–Trinajstić information content (AvgIpc) is 3.44. The third-order valence-corrected chi connectivity index (χ3v) is 10.5. The van der Waals surface area contributed by atoms with Crippen molar-refractivity contribution >= 4 is 17.7 Å². The van der Waals surface area contributed by atoms with E-state index in [-0.39, 0.29) is 36.6 Å². The molecule has 0 aromatic rings. The summed E-state index contributed by atoms with van der Waals surface area (Å²) in [5.74, 6) is -1.91. The summed E-state index contributed by atoms with van der Waals surface area (Å²) in [5, 5.41) is 21.1. The zero-order valence-electron chi connectivity index (χ0n) is 19.7. The number of hydrogen-bond acceptors (Lipinski definition) is 6. The Hall–Kier alpha value is -1.99. The molecule has 8 atom stereocenters. The van der Waals surface area contributed by atoms with Crippen LogP contribution in [0.15, 0.2) is 24.3 Å². The third kappa shape index (κ3) is 2.45. The van der Waals surface area contributed by atoms with Gasteiger partial charge in [-0.2, -0.15) is 0 Å². The fourth-order valence-corrected chi connectivity index (χ4v) is 8.91. The monoisotopic (exact) mass is 458 g/mol. The van der Waals surface area contributed by atoms with Gasteiger partial charge in [-0.1, -0.05) is 25.5 Å². The second kappa shape index (κ2) is 6.79. The molecular formula is C26H34O7. The van der Waals surface area contributed by atoms with E-state index in [4.69, 9.17) is 9.47 Å². The molecule has 7 nitrogen and oxygen atoms in total. The van der Waals surface area contributed by atoms with Crippen molar-refractivity contribution in [2.75, 3.05) is 7.11 Å². The maximum atomic E-state index is 13.3. The molecule has 0 radical (unpaired) electrons. The van der Waals surface area contributed by atoms with Crippen LogP contribution in [0, 0.1) is 28.1 Å². The number of esters is 1. The van der Waals surface area contributed by atoms with Crippen LogP contribution in [-0.2, 0) is 23.9 Å². The molecule has 33 heavy (non-hydrogen) atoms. The third-order valence-electron chi connectivity index (χ3n) is 10.5. The van der Waals surface area contributed by atoms with Gasteiger partial charge >= 0.3 is 11.9 Å². The summed E-state index contributed by atoms with van der Waals surface area (Å²) in [4.78, 5) is 37.0. The van der Waals surface area contributed by atoms with Gasteiger partial charge in [-0.25, -0.2) is 0 Å². The van der Waals surface area contributed by atoms with Gasteiger partial charge < -0.3 is 19.7 Å². The maximum Gasteiger partial charge on any atom is 0.309 e. The predicted molar refractivity (Wildman–Crippen MR) is 118 cm³/mol. The number of rotatable bonds is 5. The summed E-state index contributed by atoms with van der Waals surface area (Å²) < 4.78 is 11.9. The van der Waals surface area contributed by atoms with Crippen LogP contribution in [-0.4, -0.2) is 52.4 Å². The molecule has 0 bridgehead atoms. The van der Waals surface area contributed by atoms with E-state index in [9.17, 15) is 24.6 Å². The van der Waals surface area contributed by atoms with Gasteiger partial charge in [0.25, 0.3) is 0 Å². The topological polar surface area (TPSA) is 113 Å². The van der Waals surface area contributed by atoms with Crippen LogP contribution in [0.25, 0.3) is 0 Å². The molecule has 0 amide bonds. The van der Waals surface area contributed by atoms with E-state index in [1.807, 2.05) is 13.0 Å². The van der Waals surface area contributed by atoms with E-state index in [2.05, 4.69) is 13.5 Å². The number of carbonyl (C=O) groups excluding carboxylic acids is 2. The molecule has 1 spiro atoms. The number of fused-ring (bicyclic) bond motifs is 3. The van der Waals surface area contributed by atoms with Crippen molar-refractivity contribution in [1.29, 1.82) is 0 Å². The number of epoxide rings is 1. The van der Waals surface area contributed by atoms with Crippen molar-refractivity contribution in [1.82, 2.24) is 0 Å². The fourth-order valence-electron chi connectivity index (χ4n) is 8.91. The zero-order chi connectivity index (χ0) is 24.0. The van der Waals surface area contributed by atoms with E-state index >= 15 is 0 Å². The first kappa shape index (κ1) is 22.8. The Morgan fingerprint density at radius 2 is 2.06 bits per heavy atom. The maximum absolute atomic E-state index is 13.3. The number of hydrogen-bond donors (Lipinski definition) is 2. The Morgan fingerprint density at radius 3 is 2.70 bits per heavy atom. The van der Waals surface area contributed by atoms with Gasteiger partial charge in [-0.3, -0.25) is 14.4 Å². The number of ether oxygens (including phenoxy) is 2. The molecule has 5 rings (SSSR count). The highest BCUT2D eigenvalue weighted by Crippen LogP contribution is 2.82. The lowest BCUT2D eigenvalue weighted by molar-refractivity contribution is -0.179. The standard InChI is InChI=1S/C26H34O7/c1-5-25-17(21(30)32-4)13-15-12-16(27)6-9-22(15,2)26(25)19(33-26)14-23(3)18(25)7-10-24(23,31)11-8-20(28)29/h5,12,17-19,31H,1,6-11,13-14H2,2-4H3,(H,28,29)/t17-,18?,19?,22-,23-,24+,25-,26?/m0/s1. The summed E-state index contributed by atoms with van der Waals surface area (Å²) >= 11 is 0. The van der Waals surface area contributed by atoms with Crippen LogP contribution < -0.4 is 0 Å². The largest absolute Gasteiger partial charge is 0.481 e. The number of carboxylic acids is 1. The molecule has 4 fully saturated rings. The highest BCUT2D eigenvalue weighted by atomic mass is 16.6. The van der Waals surface area contributed by atoms with Crippen LogP contribution in [0.2, 0.25) is 0 Å². The molecule has 4 aliphatic carbocycles. The van der Waals surface area contributed by atoms with Crippen molar-refractivity contribution in [2.45, 2.75) is 82.5 Å². The van der Waals surface area contributed by atoms with Crippen molar-refractivity contribution in [2.24, 2.45) is 28.1 Å². The van der Waals surface area contributed by atoms with Gasteiger partial charge in [0.05, 0.1) is 24.7 Å².